The molecule has 0 amide bonds. The number of nitrogens with two attached hydrogens (primary N) is 1. The Morgan fingerprint density at radius 1 is 0.935 bits per heavy atom. The molecule has 2 aromatic carbocycles. The third-order valence-corrected chi connectivity index (χ3v) is 7.21. The van der Waals surface area contributed by atoms with Crippen LogP contribution in [0.15, 0.2) is 74.0 Å². The summed E-state index contributed by atoms with van der Waals surface area (Å²) in [4.78, 5) is 29.4. The van der Waals surface area contributed by atoms with Gasteiger partial charge in [-0.3, -0.25) is 13.9 Å². The smallest absolute Gasteiger partial charge is 0.332 e. The number of rotatable bonds is 3. The average molecular weight is 457 g/mol. The lowest BCUT2D eigenvalue weighted by atomic mass is 10.0. The number of hydrogen-bond acceptors (Lipinski definition) is 6. The summed E-state index contributed by atoms with van der Waals surface area (Å²) < 4.78 is 29.3. The minimum Gasteiger partial charge on any atom is -0.383 e. The summed E-state index contributed by atoms with van der Waals surface area (Å²) in [5, 5.41) is 0.149. The van der Waals surface area contributed by atoms with Gasteiger partial charge in [-0.15, -0.1) is 0 Å². The molecule has 158 valence electrons. The SMILES string of the molecule is Cn1c(=O)c2c(-c3ccccc3Cl)c(S(=O)(=O)c3ccccc3)c(N)nc2n(C)c1=O. The number of halogens is 1. The summed E-state index contributed by atoms with van der Waals surface area (Å²) in [7, 11) is -1.45. The van der Waals surface area contributed by atoms with Crippen molar-refractivity contribution in [1.29, 1.82) is 0 Å². The van der Waals surface area contributed by atoms with Crippen LogP contribution in [-0.4, -0.2) is 22.5 Å². The van der Waals surface area contributed by atoms with Crippen LogP contribution in [0.1, 0.15) is 0 Å². The van der Waals surface area contributed by atoms with Gasteiger partial charge in [-0.2, -0.15) is 0 Å². The van der Waals surface area contributed by atoms with Gasteiger partial charge in [0.25, 0.3) is 5.56 Å². The van der Waals surface area contributed by atoms with E-state index >= 15 is 0 Å². The highest BCUT2D eigenvalue weighted by Gasteiger charge is 2.31. The molecule has 0 fully saturated rings. The second-order valence-electron chi connectivity index (χ2n) is 6.90. The fraction of sp³-hybridized carbons (Fsp3) is 0.0952. The van der Waals surface area contributed by atoms with Crippen LogP contribution in [-0.2, 0) is 23.9 Å². The average Bonchev–Trinajstić information content (AvgIpc) is 2.76. The summed E-state index contributed by atoms with van der Waals surface area (Å²) >= 11 is 6.41. The van der Waals surface area contributed by atoms with Gasteiger partial charge in [0, 0.05) is 30.2 Å². The van der Waals surface area contributed by atoms with E-state index < -0.39 is 21.1 Å². The first-order chi connectivity index (χ1) is 14.7. The number of pyridine rings is 1. The van der Waals surface area contributed by atoms with Crippen LogP contribution in [0.25, 0.3) is 22.2 Å². The van der Waals surface area contributed by atoms with E-state index in [2.05, 4.69) is 4.98 Å². The van der Waals surface area contributed by atoms with Crippen LogP contribution in [0.3, 0.4) is 0 Å². The van der Waals surface area contributed by atoms with Crippen LogP contribution in [0.4, 0.5) is 5.82 Å². The number of sulfone groups is 1. The lowest BCUT2D eigenvalue weighted by molar-refractivity contribution is 0.596. The summed E-state index contributed by atoms with van der Waals surface area (Å²) in [6.07, 6.45) is 0. The molecule has 2 heterocycles. The predicted molar refractivity (Wildman–Crippen MR) is 119 cm³/mol. The largest absolute Gasteiger partial charge is 0.383 e. The Bertz CT molecular complexity index is 1580. The van der Waals surface area contributed by atoms with E-state index in [4.69, 9.17) is 17.3 Å². The Morgan fingerprint density at radius 3 is 2.19 bits per heavy atom. The van der Waals surface area contributed by atoms with E-state index in [0.29, 0.717) is 0 Å². The van der Waals surface area contributed by atoms with Crippen molar-refractivity contribution < 1.29 is 8.42 Å². The second kappa shape index (κ2) is 7.36. The lowest BCUT2D eigenvalue weighted by Crippen LogP contribution is -2.38. The van der Waals surface area contributed by atoms with Crippen molar-refractivity contribution in [2.45, 2.75) is 9.79 Å². The monoisotopic (exact) mass is 456 g/mol. The van der Waals surface area contributed by atoms with E-state index in [-0.39, 0.29) is 42.8 Å². The summed E-state index contributed by atoms with van der Waals surface area (Å²) in [5.74, 6) is -0.338. The lowest BCUT2D eigenvalue weighted by Gasteiger charge is -2.18. The van der Waals surface area contributed by atoms with E-state index in [0.717, 1.165) is 9.13 Å². The van der Waals surface area contributed by atoms with Crippen LogP contribution in [0.2, 0.25) is 5.02 Å². The quantitative estimate of drug-likeness (QED) is 0.505. The summed E-state index contributed by atoms with van der Waals surface area (Å²) in [5.41, 5.74) is 5.09. The number of hydrogen-bond donors (Lipinski definition) is 1. The number of benzene rings is 2. The Hall–Kier alpha value is -3.43. The van der Waals surface area contributed by atoms with Crippen molar-refractivity contribution >= 4 is 38.3 Å². The van der Waals surface area contributed by atoms with E-state index in [1.165, 1.54) is 26.2 Å². The number of nitrogen functional groups attached to an aromatic ring is 1. The van der Waals surface area contributed by atoms with E-state index in [1.807, 2.05) is 0 Å². The molecule has 2 aromatic heterocycles. The number of anilines is 1. The maximum atomic E-state index is 13.6. The molecule has 0 aliphatic rings. The van der Waals surface area contributed by atoms with Gasteiger partial charge in [-0.25, -0.2) is 18.2 Å². The third-order valence-electron chi connectivity index (χ3n) is 5.04. The van der Waals surface area contributed by atoms with Crippen molar-refractivity contribution in [3.8, 4) is 11.1 Å². The first-order valence-electron chi connectivity index (χ1n) is 9.10. The molecule has 0 aliphatic heterocycles. The molecular weight excluding hydrogens is 440 g/mol. The highest BCUT2D eigenvalue weighted by atomic mass is 35.5. The molecule has 10 heteroatoms. The van der Waals surface area contributed by atoms with Crippen molar-refractivity contribution in [2.75, 3.05) is 5.73 Å². The van der Waals surface area contributed by atoms with Gasteiger partial charge in [0.05, 0.1) is 10.3 Å². The summed E-state index contributed by atoms with van der Waals surface area (Å²) in [6.45, 7) is 0. The number of aryl methyl sites for hydroxylation is 1. The molecular formula is C21H17ClN4O4S. The molecule has 0 spiro atoms. The maximum Gasteiger partial charge on any atom is 0.332 e. The van der Waals surface area contributed by atoms with Crippen molar-refractivity contribution in [3.63, 3.8) is 0 Å². The zero-order valence-electron chi connectivity index (χ0n) is 16.5. The molecule has 0 atom stereocenters. The fourth-order valence-electron chi connectivity index (χ4n) is 3.50. The van der Waals surface area contributed by atoms with Crippen molar-refractivity contribution in [2.24, 2.45) is 14.1 Å². The van der Waals surface area contributed by atoms with E-state index in [1.54, 1.807) is 42.5 Å². The molecule has 4 rings (SSSR count). The van der Waals surface area contributed by atoms with Gasteiger partial charge in [-0.05, 0) is 18.2 Å². The fourth-order valence-corrected chi connectivity index (χ4v) is 5.28. The van der Waals surface area contributed by atoms with Crippen LogP contribution < -0.4 is 17.0 Å². The topological polar surface area (TPSA) is 117 Å². The zero-order chi connectivity index (χ0) is 22.5. The van der Waals surface area contributed by atoms with Gasteiger partial charge in [0.2, 0.25) is 9.84 Å². The minimum absolute atomic E-state index is 0.00755. The Balaban J connectivity index is 2.33. The van der Waals surface area contributed by atoms with Crippen LogP contribution in [0, 0.1) is 0 Å². The molecule has 4 aromatic rings. The molecule has 0 unspecified atom stereocenters. The molecule has 8 nitrogen and oxygen atoms in total. The molecule has 2 N–H and O–H groups in total. The highest BCUT2D eigenvalue weighted by Crippen LogP contribution is 2.40. The molecule has 0 radical (unpaired) electrons. The first-order valence-corrected chi connectivity index (χ1v) is 11.0. The summed E-state index contributed by atoms with van der Waals surface area (Å²) in [6, 6.07) is 14.2. The Kier molecular flexibility index (Phi) is 4.95. The molecule has 0 saturated heterocycles. The minimum atomic E-state index is -4.19. The first kappa shape index (κ1) is 20.8. The maximum absolute atomic E-state index is 13.6. The second-order valence-corrected chi connectivity index (χ2v) is 9.20. The Labute approximate surface area is 182 Å². The van der Waals surface area contributed by atoms with Gasteiger partial charge < -0.3 is 5.73 Å². The van der Waals surface area contributed by atoms with E-state index in [9.17, 15) is 18.0 Å². The van der Waals surface area contributed by atoms with Crippen LogP contribution >= 0.6 is 11.6 Å². The standard InChI is InChI=1S/C21H17ClN4O4S/c1-25-19-16(20(27)26(2)21(25)28)15(13-10-6-7-11-14(13)22)17(18(23)24-19)31(29,30)12-8-4-3-5-9-12/h3-11H,1-2H3,(H2,23,24). The zero-order valence-corrected chi connectivity index (χ0v) is 18.1. The molecule has 31 heavy (non-hydrogen) atoms. The van der Waals surface area contributed by atoms with Gasteiger partial charge >= 0.3 is 5.69 Å². The van der Waals surface area contributed by atoms with Crippen molar-refractivity contribution in [1.82, 2.24) is 14.1 Å². The molecule has 0 saturated carbocycles. The highest BCUT2D eigenvalue weighted by molar-refractivity contribution is 7.91. The molecule has 0 aliphatic carbocycles. The predicted octanol–water partition coefficient (Wildman–Crippen LogP) is 2.37. The number of nitrogens with zero attached hydrogens (tertiary/aromatic N) is 3. The van der Waals surface area contributed by atoms with Crippen LogP contribution in [0.5, 0.6) is 0 Å². The number of fused-ring (bicyclic) bond motifs is 1. The normalized spacial score (nSPS) is 11.7. The third kappa shape index (κ3) is 3.13. The number of aromatic nitrogens is 3. The van der Waals surface area contributed by atoms with Crippen molar-refractivity contribution in [3.05, 3.63) is 80.5 Å². The Morgan fingerprint density at radius 2 is 1.55 bits per heavy atom. The molecule has 0 bridgehead atoms. The van der Waals surface area contributed by atoms with Gasteiger partial charge in [0.15, 0.2) is 5.65 Å². The van der Waals surface area contributed by atoms with Gasteiger partial charge in [0.1, 0.15) is 10.7 Å². The van der Waals surface area contributed by atoms with Gasteiger partial charge in [-0.1, -0.05) is 48.0 Å².